The predicted molar refractivity (Wildman–Crippen MR) is 121 cm³/mol. The number of hydrogen-bond donors (Lipinski definition) is 0. The van der Waals surface area contributed by atoms with Crippen molar-refractivity contribution in [2.24, 2.45) is 0 Å². The molecule has 0 unspecified atom stereocenters. The summed E-state index contributed by atoms with van der Waals surface area (Å²) >= 11 is 0. The number of rotatable bonds is 10. The van der Waals surface area contributed by atoms with Crippen LogP contribution in [0.2, 0.25) is 0 Å². The van der Waals surface area contributed by atoms with E-state index in [0.717, 1.165) is 29.6 Å². The Balaban J connectivity index is 1.72. The van der Waals surface area contributed by atoms with Crippen molar-refractivity contribution in [1.82, 2.24) is 9.80 Å². The second kappa shape index (κ2) is 11.0. The van der Waals surface area contributed by atoms with Crippen LogP contribution in [0.3, 0.4) is 0 Å². The van der Waals surface area contributed by atoms with Gasteiger partial charge < -0.3 is 9.32 Å². The van der Waals surface area contributed by atoms with E-state index in [-0.39, 0.29) is 18.5 Å². The number of benzene rings is 2. The van der Waals surface area contributed by atoms with Crippen LogP contribution >= 0.6 is 0 Å². The summed E-state index contributed by atoms with van der Waals surface area (Å²) in [5, 5.41) is 0. The summed E-state index contributed by atoms with van der Waals surface area (Å²) in [4.78, 5) is 17.1. The second-order valence-corrected chi connectivity index (χ2v) is 8.31. The van der Waals surface area contributed by atoms with Gasteiger partial charge in [0, 0.05) is 19.1 Å². The van der Waals surface area contributed by atoms with Crippen molar-refractivity contribution in [3.63, 3.8) is 0 Å². The van der Waals surface area contributed by atoms with Crippen molar-refractivity contribution in [2.75, 3.05) is 13.1 Å². The number of nitrogens with zero attached hydrogens (tertiary/aromatic N) is 2. The van der Waals surface area contributed by atoms with Gasteiger partial charge in [0.05, 0.1) is 13.1 Å². The first-order chi connectivity index (χ1) is 15.3. The van der Waals surface area contributed by atoms with Gasteiger partial charge in [-0.15, -0.1) is 0 Å². The largest absolute Gasteiger partial charge is 0.464 e. The van der Waals surface area contributed by atoms with Crippen LogP contribution in [0.25, 0.3) is 0 Å². The molecule has 0 aliphatic heterocycles. The smallest absolute Gasteiger partial charge is 0.237 e. The molecule has 6 heteroatoms. The monoisotopic (exact) mass is 440 g/mol. The summed E-state index contributed by atoms with van der Waals surface area (Å²) in [5.41, 5.74) is 1.78. The topological polar surface area (TPSA) is 36.7 Å². The minimum absolute atomic E-state index is 0.0359. The third kappa shape index (κ3) is 6.76. The molecule has 0 radical (unpaired) electrons. The van der Waals surface area contributed by atoms with Crippen molar-refractivity contribution in [3.8, 4) is 0 Å². The molecule has 3 aromatic rings. The minimum Gasteiger partial charge on any atom is -0.464 e. The van der Waals surface area contributed by atoms with Crippen LogP contribution in [0.1, 0.15) is 36.5 Å². The number of carbonyl (C=O) groups excluding carboxylic acids is 1. The summed E-state index contributed by atoms with van der Waals surface area (Å²) in [5.74, 6) is -0.249. The minimum atomic E-state index is -0.879. The molecule has 32 heavy (non-hydrogen) atoms. The van der Waals surface area contributed by atoms with Gasteiger partial charge in [0.15, 0.2) is 11.6 Å². The molecule has 4 nitrogen and oxygen atoms in total. The molecule has 2 aromatic carbocycles. The molecule has 0 atom stereocenters. The Bertz CT molecular complexity index is 1020. The van der Waals surface area contributed by atoms with Crippen LogP contribution in [0, 0.1) is 18.6 Å². The third-order valence-electron chi connectivity index (χ3n) is 5.45. The molecule has 0 aliphatic carbocycles. The van der Waals surface area contributed by atoms with E-state index < -0.39 is 11.6 Å². The zero-order valence-electron chi connectivity index (χ0n) is 18.9. The molecule has 0 N–H and O–H groups in total. The van der Waals surface area contributed by atoms with Gasteiger partial charge in [-0.05, 0) is 62.6 Å². The molecule has 170 valence electrons. The van der Waals surface area contributed by atoms with E-state index in [1.807, 2.05) is 68.1 Å². The van der Waals surface area contributed by atoms with Crippen LogP contribution in [0.4, 0.5) is 8.78 Å². The van der Waals surface area contributed by atoms with Crippen LogP contribution < -0.4 is 0 Å². The molecule has 0 fully saturated rings. The first-order valence-electron chi connectivity index (χ1n) is 10.9. The number of aryl methyl sites for hydroxylation is 1. The maximum Gasteiger partial charge on any atom is 0.237 e. The highest BCUT2D eigenvalue weighted by Crippen LogP contribution is 2.15. The van der Waals surface area contributed by atoms with E-state index in [2.05, 4.69) is 0 Å². The van der Waals surface area contributed by atoms with Crippen molar-refractivity contribution in [3.05, 3.63) is 94.9 Å². The number of amides is 1. The molecule has 1 heterocycles. The summed E-state index contributed by atoms with van der Waals surface area (Å²) in [6, 6.07) is 17.7. The van der Waals surface area contributed by atoms with E-state index in [1.54, 1.807) is 11.0 Å². The zero-order chi connectivity index (χ0) is 23.1. The van der Waals surface area contributed by atoms with Gasteiger partial charge in [-0.2, -0.15) is 0 Å². The van der Waals surface area contributed by atoms with Crippen LogP contribution in [-0.4, -0.2) is 34.8 Å². The Hall–Kier alpha value is -2.99. The fourth-order valence-corrected chi connectivity index (χ4v) is 3.53. The Morgan fingerprint density at radius 3 is 2.31 bits per heavy atom. The Labute approximate surface area is 188 Å². The first kappa shape index (κ1) is 23.7. The van der Waals surface area contributed by atoms with Crippen LogP contribution in [-0.2, 0) is 24.3 Å². The molecule has 3 rings (SSSR count). The van der Waals surface area contributed by atoms with Crippen molar-refractivity contribution in [1.29, 1.82) is 0 Å². The summed E-state index contributed by atoms with van der Waals surface area (Å²) in [6.07, 6.45) is 0.733. The van der Waals surface area contributed by atoms with E-state index in [9.17, 15) is 13.6 Å². The zero-order valence-corrected chi connectivity index (χ0v) is 18.9. The van der Waals surface area contributed by atoms with E-state index in [0.29, 0.717) is 25.2 Å². The van der Waals surface area contributed by atoms with Crippen LogP contribution in [0.15, 0.2) is 65.1 Å². The maximum absolute atomic E-state index is 13.6. The van der Waals surface area contributed by atoms with Crippen LogP contribution in [0.5, 0.6) is 0 Å². The van der Waals surface area contributed by atoms with Crippen molar-refractivity contribution < 1.29 is 18.0 Å². The lowest BCUT2D eigenvalue weighted by Gasteiger charge is -2.30. The Kier molecular flexibility index (Phi) is 8.17. The fraction of sp³-hybridized carbons (Fsp3) is 0.346. The molecule has 0 saturated carbocycles. The van der Waals surface area contributed by atoms with E-state index in [4.69, 9.17) is 4.42 Å². The number of carbonyl (C=O) groups is 1. The predicted octanol–water partition coefficient (Wildman–Crippen LogP) is 5.35. The lowest BCUT2D eigenvalue weighted by atomic mass is 10.1. The Morgan fingerprint density at radius 2 is 1.69 bits per heavy atom. The lowest BCUT2D eigenvalue weighted by Crippen LogP contribution is -2.43. The average Bonchev–Trinajstić information content (AvgIpc) is 3.18. The molecule has 0 aliphatic rings. The number of furan rings is 1. The van der Waals surface area contributed by atoms with Gasteiger partial charge in [-0.3, -0.25) is 9.69 Å². The second-order valence-electron chi connectivity index (χ2n) is 8.31. The van der Waals surface area contributed by atoms with Gasteiger partial charge in [0.25, 0.3) is 0 Å². The van der Waals surface area contributed by atoms with Gasteiger partial charge >= 0.3 is 0 Å². The van der Waals surface area contributed by atoms with Gasteiger partial charge in [0.1, 0.15) is 11.5 Å². The van der Waals surface area contributed by atoms with E-state index >= 15 is 0 Å². The number of hydrogen-bond acceptors (Lipinski definition) is 3. The lowest BCUT2D eigenvalue weighted by molar-refractivity contribution is -0.134. The van der Waals surface area contributed by atoms with Crippen molar-refractivity contribution >= 4 is 5.91 Å². The first-order valence-corrected chi connectivity index (χ1v) is 10.9. The maximum atomic E-state index is 13.6. The summed E-state index contributed by atoms with van der Waals surface area (Å²) in [6.45, 7) is 7.31. The third-order valence-corrected chi connectivity index (χ3v) is 5.45. The highest BCUT2D eigenvalue weighted by atomic mass is 19.2. The molecule has 0 saturated heterocycles. The SMILES string of the molecule is Cc1ccc(CN(CCc2ccccc2)C(=O)CN(Cc2ccc(F)c(F)c2)C(C)C)o1. The fourth-order valence-electron chi connectivity index (χ4n) is 3.53. The molecular weight excluding hydrogens is 410 g/mol. The summed E-state index contributed by atoms with van der Waals surface area (Å²) < 4.78 is 32.6. The molecular formula is C26H30F2N2O2. The molecule has 0 spiro atoms. The number of halogens is 2. The Morgan fingerprint density at radius 1 is 0.938 bits per heavy atom. The quantitative estimate of drug-likeness (QED) is 0.427. The molecule has 1 aromatic heterocycles. The molecule has 1 amide bonds. The van der Waals surface area contributed by atoms with E-state index in [1.165, 1.54) is 6.07 Å². The average molecular weight is 441 g/mol. The highest BCUT2D eigenvalue weighted by Gasteiger charge is 2.21. The summed E-state index contributed by atoms with van der Waals surface area (Å²) in [7, 11) is 0. The highest BCUT2D eigenvalue weighted by molar-refractivity contribution is 5.78. The van der Waals surface area contributed by atoms with Crippen molar-refractivity contribution in [2.45, 2.75) is 46.3 Å². The normalized spacial score (nSPS) is 11.3. The van der Waals surface area contributed by atoms with Gasteiger partial charge in [-0.1, -0.05) is 36.4 Å². The van der Waals surface area contributed by atoms with Gasteiger partial charge in [0.2, 0.25) is 5.91 Å². The van der Waals surface area contributed by atoms with Gasteiger partial charge in [-0.25, -0.2) is 8.78 Å². The molecule has 0 bridgehead atoms. The standard InChI is InChI=1S/C26H30F2N2O2/c1-19(2)30(16-22-10-12-24(27)25(28)15-22)18-26(31)29(17-23-11-9-20(3)32-23)14-13-21-7-5-4-6-8-21/h4-12,15,19H,13-14,16-18H2,1-3H3.